The maximum Gasteiger partial charge on any atom is 0.269 e. The maximum absolute atomic E-state index is 10.6. The summed E-state index contributed by atoms with van der Waals surface area (Å²) >= 11 is 0. The van der Waals surface area contributed by atoms with Crippen molar-refractivity contribution in [2.45, 2.75) is 39.0 Å². The van der Waals surface area contributed by atoms with Gasteiger partial charge in [-0.25, -0.2) is 0 Å². The molecular formula is C20H35IN4O4. The van der Waals surface area contributed by atoms with Crippen LogP contribution in [0.3, 0.4) is 0 Å². The third kappa shape index (κ3) is 14.2. The first-order valence-electron chi connectivity index (χ1n) is 10.0. The zero-order valence-electron chi connectivity index (χ0n) is 17.5. The van der Waals surface area contributed by atoms with Gasteiger partial charge in [-0.1, -0.05) is 25.5 Å². The van der Waals surface area contributed by atoms with Gasteiger partial charge >= 0.3 is 0 Å². The molecule has 0 unspecified atom stereocenters. The van der Waals surface area contributed by atoms with Crippen molar-refractivity contribution in [2.24, 2.45) is 4.99 Å². The Labute approximate surface area is 191 Å². The second-order valence-electron chi connectivity index (χ2n) is 6.38. The van der Waals surface area contributed by atoms with Crippen molar-refractivity contribution in [3.05, 3.63) is 39.9 Å². The molecule has 0 saturated carbocycles. The highest BCUT2D eigenvalue weighted by Gasteiger charge is 2.03. The van der Waals surface area contributed by atoms with Gasteiger partial charge in [-0.2, -0.15) is 0 Å². The van der Waals surface area contributed by atoms with E-state index in [4.69, 9.17) is 9.47 Å². The summed E-state index contributed by atoms with van der Waals surface area (Å²) in [6, 6.07) is 6.75. The third-order valence-corrected chi connectivity index (χ3v) is 4.11. The Hall–Kier alpha value is -1.46. The number of aryl methyl sites for hydroxylation is 1. The molecule has 0 aliphatic rings. The standard InChI is InChI=1S/C20H34N4O4.HI/c1-3-4-14-27-16-17-28-15-13-23-20(21-2)22-12-6-5-7-18-8-10-19(11-9-18)24(25)26;/h8-11H,3-7,12-17H2,1-2H3,(H2,21,22,23);1H. The van der Waals surface area contributed by atoms with Crippen LogP contribution in [0.4, 0.5) is 5.69 Å². The van der Waals surface area contributed by atoms with Crippen LogP contribution in [0, 0.1) is 10.1 Å². The molecule has 0 fully saturated rings. The number of nitro groups is 1. The number of benzene rings is 1. The van der Waals surface area contributed by atoms with E-state index < -0.39 is 0 Å². The van der Waals surface area contributed by atoms with E-state index in [1.807, 2.05) is 12.1 Å². The minimum Gasteiger partial charge on any atom is -0.379 e. The first-order valence-corrected chi connectivity index (χ1v) is 10.0. The number of unbranched alkanes of at least 4 members (excludes halogenated alkanes) is 2. The molecule has 8 nitrogen and oxygen atoms in total. The first kappa shape index (κ1) is 27.5. The Morgan fingerprint density at radius 3 is 2.28 bits per heavy atom. The zero-order valence-corrected chi connectivity index (χ0v) is 19.9. The average molecular weight is 522 g/mol. The number of nitrogens with one attached hydrogen (secondary N) is 2. The molecule has 0 saturated heterocycles. The van der Waals surface area contributed by atoms with Gasteiger partial charge in [0.2, 0.25) is 0 Å². The van der Waals surface area contributed by atoms with Crippen molar-refractivity contribution >= 4 is 35.6 Å². The molecule has 0 radical (unpaired) electrons. The van der Waals surface area contributed by atoms with E-state index >= 15 is 0 Å². The van der Waals surface area contributed by atoms with E-state index in [1.54, 1.807) is 19.2 Å². The molecule has 0 amide bonds. The molecule has 9 heteroatoms. The quantitative estimate of drug-likeness (QED) is 0.0914. The lowest BCUT2D eigenvalue weighted by Gasteiger charge is -2.12. The summed E-state index contributed by atoms with van der Waals surface area (Å²) in [7, 11) is 1.74. The molecule has 2 N–H and O–H groups in total. The molecule has 166 valence electrons. The molecule has 0 spiro atoms. The van der Waals surface area contributed by atoms with Gasteiger partial charge in [0.25, 0.3) is 5.69 Å². The van der Waals surface area contributed by atoms with Gasteiger partial charge in [0, 0.05) is 38.9 Å². The minimum atomic E-state index is -0.376. The largest absolute Gasteiger partial charge is 0.379 e. The summed E-state index contributed by atoms with van der Waals surface area (Å²) in [5.41, 5.74) is 1.25. The Morgan fingerprint density at radius 1 is 1.00 bits per heavy atom. The topological polar surface area (TPSA) is 98.0 Å². The van der Waals surface area contributed by atoms with Gasteiger partial charge in [-0.3, -0.25) is 15.1 Å². The second kappa shape index (κ2) is 18.6. The average Bonchev–Trinajstić information content (AvgIpc) is 2.71. The highest BCUT2D eigenvalue weighted by atomic mass is 127. The molecule has 0 bridgehead atoms. The van der Waals surface area contributed by atoms with Gasteiger partial charge in [0.1, 0.15) is 0 Å². The Balaban J connectivity index is 0.00000784. The number of rotatable bonds is 15. The van der Waals surface area contributed by atoms with Crippen LogP contribution < -0.4 is 10.6 Å². The third-order valence-electron chi connectivity index (χ3n) is 4.11. The molecule has 1 aromatic rings. The summed E-state index contributed by atoms with van der Waals surface area (Å²) < 4.78 is 10.9. The van der Waals surface area contributed by atoms with Gasteiger partial charge in [0.05, 0.1) is 24.7 Å². The van der Waals surface area contributed by atoms with Crippen molar-refractivity contribution in [1.82, 2.24) is 10.6 Å². The van der Waals surface area contributed by atoms with Crippen LogP contribution in [0.5, 0.6) is 0 Å². The minimum absolute atomic E-state index is 0. The van der Waals surface area contributed by atoms with Crippen LogP contribution in [0.25, 0.3) is 0 Å². The molecule has 0 aromatic heterocycles. The van der Waals surface area contributed by atoms with Crippen molar-refractivity contribution in [3.63, 3.8) is 0 Å². The number of hydrogen-bond acceptors (Lipinski definition) is 5. The fourth-order valence-electron chi connectivity index (χ4n) is 2.48. The van der Waals surface area contributed by atoms with E-state index in [0.29, 0.717) is 26.4 Å². The predicted octanol–water partition coefficient (Wildman–Crippen LogP) is 3.53. The number of hydrogen-bond donors (Lipinski definition) is 2. The maximum atomic E-state index is 10.6. The van der Waals surface area contributed by atoms with E-state index in [2.05, 4.69) is 22.5 Å². The lowest BCUT2D eigenvalue weighted by atomic mass is 10.1. The number of non-ortho nitro benzene ring substituents is 1. The number of ether oxygens (including phenoxy) is 2. The van der Waals surface area contributed by atoms with Crippen LogP contribution in [0.15, 0.2) is 29.3 Å². The molecule has 0 heterocycles. The molecule has 0 aliphatic carbocycles. The van der Waals surface area contributed by atoms with Crippen molar-refractivity contribution in [2.75, 3.05) is 46.6 Å². The van der Waals surface area contributed by atoms with Crippen LogP contribution in [0.1, 0.15) is 38.2 Å². The predicted molar refractivity (Wildman–Crippen MR) is 127 cm³/mol. The van der Waals surface area contributed by atoms with Crippen LogP contribution in [-0.2, 0) is 15.9 Å². The summed E-state index contributed by atoms with van der Waals surface area (Å²) in [5.74, 6) is 0.762. The Morgan fingerprint density at radius 2 is 1.66 bits per heavy atom. The van der Waals surface area contributed by atoms with Gasteiger partial charge < -0.3 is 20.1 Å². The fourth-order valence-corrected chi connectivity index (χ4v) is 2.48. The SMILES string of the molecule is CCCCOCCOCCNC(=NC)NCCCCc1ccc([N+](=O)[O-])cc1.I. The molecule has 0 atom stereocenters. The monoisotopic (exact) mass is 522 g/mol. The van der Waals surface area contributed by atoms with E-state index in [9.17, 15) is 10.1 Å². The molecule has 0 aliphatic heterocycles. The molecule has 1 rings (SSSR count). The van der Waals surface area contributed by atoms with E-state index in [0.717, 1.165) is 56.8 Å². The summed E-state index contributed by atoms with van der Waals surface area (Å²) in [6.45, 7) is 6.32. The van der Waals surface area contributed by atoms with Crippen molar-refractivity contribution < 1.29 is 14.4 Å². The zero-order chi connectivity index (χ0) is 20.5. The normalized spacial score (nSPS) is 11.0. The number of aliphatic imine (C=N–C) groups is 1. The Bertz CT molecular complexity index is 570. The highest BCUT2D eigenvalue weighted by molar-refractivity contribution is 14.0. The highest BCUT2D eigenvalue weighted by Crippen LogP contribution is 2.13. The van der Waals surface area contributed by atoms with Gasteiger partial charge in [0.15, 0.2) is 5.96 Å². The molecule has 1 aromatic carbocycles. The smallest absolute Gasteiger partial charge is 0.269 e. The van der Waals surface area contributed by atoms with Gasteiger partial charge in [-0.05, 0) is 31.2 Å². The van der Waals surface area contributed by atoms with Crippen LogP contribution in [0.2, 0.25) is 0 Å². The number of nitrogens with zero attached hydrogens (tertiary/aromatic N) is 2. The Kier molecular flexibility index (Phi) is 17.6. The fraction of sp³-hybridized carbons (Fsp3) is 0.650. The second-order valence-corrected chi connectivity index (χ2v) is 6.38. The number of nitro benzene ring substituents is 1. The lowest BCUT2D eigenvalue weighted by Crippen LogP contribution is -2.39. The summed E-state index contributed by atoms with van der Waals surface area (Å²) in [5, 5.41) is 17.1. The van der Waals surface area contributed by atoms with Crippen molar-refractivity contribution in [3.8, 4) is 0 Å². The molecular weight excluding hydrogens is 487 g/mol. The molecule has 29 heavy (non-hydrogen) atoms. The van der Waals surface area contributed by atoms with Gasteiger partial charge in [-0.15, -0.1) is 24.0 Å². The lowest BCUT2D eigenvalue weighted by molar-refractivity contribution is -0.384. The summed E-state index contributed by atoms with van der Waals surface area (Å²) in [4.78, 5) is 14.5. The number of halogens is 1. The number of guanidine groups is 1. The van der Waals surface area contributed by atoms with E-state index in [-0.39, 0.29) is 34.6 Å². The summed E-state index contributed by atoms with van der Waals surface area (Å²) in [6.07, 6.45) is 5.14. The van der Waals surface area contributed by atoms with E-state index in [1.165, 1.54) is 0 Å². The first-order chi connectivity index (χ1) is 13.7. The van der Waals surface area contributed by atoms with Crippen LogP contribution in [-0.4, -0.2) is 57.4 Å². The van der Waals surface area contributed by atoms with Crippen LogP contribution >= 0.6 is 24.0 Å². The van der Waals surface area contributed by atoms with Crippen molar-refractivity contribution in [1.29, 1.82) is 0 Å².